The average molecular weight is 462 g/mol. The molecule has 3 aromatic carbocycles. The number of nitrogens with zero attached hydrogens (tertiary/aromatic N) is 2. The number of para-hydroxylation sites is 1. The Morgan fingerprint density at radius 1 is 0.824 bits per heavy atom. The lowest BCUT2D eigenvalue weighted by Gasteiger charge is -2.12. The molecule has 0 atom stereocenters. The third kappa shape index (κ3) is 3.55. The lowest BCUT2D eigenvalue weighted by molar-refractivity contribution is 0.647. The Morgan fingerprint density at radius 2 is 1.53 bits per heavy atom. The van der Waals surface area contributed by atoms with Gasteiger partial charge in [0, 0.05) is 29.6 Å². The summed E-state index contributed by atoms with van der Waals surface area (Å²) in [5.74, 6) is 0. The summed E-state index contributed by atoms with van der Waals surface area (Å²) in [7, 11) is 0. The highest BCUT2D eigenvalue weighted by molar-refractivity contribution is 7.81. The second-order valence-electron chi connectivity index (χ2n) is 9.07. The molecular formula is C30H27N3S. The van der Waals surface area contributed by atoms with Crippen molar-refractivity contribution in [2.45, 2.75) is 32.7 Å². The fraction of sp³-hybridized carbons (Fsp3) is 0.167. The van der Waals surface area contributed by atoms with Crippen molar-refractivity contribution in [3.63, 3.8) is 0 Å². The van der Waals surface area contributed by atoms with Gasteiger partial charge in [-0.3, -0.25) is 4.40 Å². The van der Waals surface area contributed by atoms with Gasteiger partial charge in [-0.05, 0) is 49.4 Å². The van der Waals surface area contributed by atoms with E-state index < -0.39 is 0 Å². The third-order valence-electron chi connectivity index (χ3n) is 6.79. The smallest absolute Gasteiger partial charge is 0.128 e. The summed E-state index contributed by atoms with van der Waals surface area (Å²) < 4.78 is 4.85. The Labute approximate surface area is 205 Å². The van der Waals surface area contributed by atoms with Crippen molar-refractivity contribution >= 4 is 28.5 Å². The van der Waals surface area contributed by atoms with Crippen molar-refractivity contribution in [1.29, 1.82) is 0 Å². The van der Waals surface area contributed by atoms with Crippen molar-refractivity contribution < 1.29 is 0 Å². The topological polar surface area (TPSA) is 21.4 Å². The van der Waals surface area contributed by atoms with Crippen LogP contribution in [0.4, 0.5) is 5.69 Å². The number of benzene rings is 3. The molecule has 34 heavy (non-hydrogen) atoms. The molecule has 1 aliphatic heterocycles. The number of nitrogens with one attached hydrogen (secondary N) is 1. The average Bonchev–Trinajstić information content (AvgIpc) is 3.29. The van der Waals surface area contributed by atoms with Crippen LogP contribution in [0, 0.1) is 6.92 Å². The minimum atomic E-state index is 0.750. The normalized spacial score (nSPS) is 13.1. The minimum Gasteiger partial charge on any atom is -0.345 e. The van der Waals surface area contributed by atoms with Crippen molar-refractivity contribution in [1.82, 2.24) is 8.97 Å². The van der Waals surface area contributed by atoms with Gasteiger partial charge in [-0.15, -0.1) is 0 Å². The standard InChI is InChI=1S/C30H27N3S/c1-21-15-17-23(18-16-21)27-25-14-8-9-19-32-26(22-10-4-2-5-11-22)20-33(30(25)32)28(27)29(34)31-24-12-6-3-7-13-24/h2-7,10-13,15-18,20H,8-9,14,19H2,1H3,(H,31,34). The maximum Gasteiger partial charge on any atom is 0.128 e. The zero-order chi connectivity index (χ0) is 23.1. The molecule has 0 aliphatic carbocycles. The van der Waals surface area contributed by atoms with Crippen LogP contribution < -0.4 is 5.32 Å². The molecule has 6 rings (SSSR count). The Bertz CT molecular complexity index is 1480. The van der Waals surface area contributed by atoms with E-state index in [-0.39, 0.29) is 0 Å². The van der Waals surface area contributed by atoms with Crippen LogP contribution in [0.15, 0.2) is 91.1 Å². The Morgan fingerprint density at radius 3 is 2.26 bits per heavy atom. The summed E-state index contributed by atoms with van der Waals surface area (Å²) in [6, 6.07) is 29.8. The zero-order valence-corrected chi connectivity index (χ0v) is 20.1. The number of rotatable bonds is 4. The SMILES string of the molecule is Cc1ccc(-c2c3c4n(c(-c5ccccc5)cn4c2C(=S)Nc2ccccc2)CCCC3)cc1. The van der Waals surface area contributed by atoms with Crippen molar-refractivity contribution in [3.8, 4) is 22.4 Å². The second-order valence-corrected chi connectivity index (χ2v) is 9.48. The molecule has 0 saturated carbocycles. The molecule has 0 amide bonds. The van der Waals surface area contributed by atoms with E-state index in [1.165, 1.54) is 52.0 Å². The summed E-state index contributed by atoms with van der Waals surface area (Å²) in [6.07, 6.45) is 5.69. The van der Waals surface area contributed by atoms with E-state index in [1.54, 1.807) is 0 Å². The minimum absolute atomic E-state index is 0.750. The summed E-state index contributed by atoms with van der Waals surface area (Å²) >= 11 is 6.09. The van der Waals surface area contributed by atoms with Gasteiger partial charge in [0.15, 0.2) is 0 Å². The Kier molecular flexibility index (Phi) is 5.31. The van der Waals surface area contributed by atoms with Crippen LogP contribution in [0.3, 0.4) is 0 Å². The number of aryl methyl sites for hydroxylation is 3. The van der Waals surface area contributed by atoms with Crippen LogP contribution in [0.25, 0.3) is 28.0 Å². The monoisotopic (exact) mass is 461 g/mol. The van der Waals surface area contributed by atoms with Gasteiger partial charge in [-0.25, -0.2) is 0 Å². The quantitative estimate of drug-likeness (QED) is 0.280. The molecule has 5 aromatic rings. The molecule has 0 unspecified atom stereocenters. The summed E-state index contributed by atoms with van der Waals surface area (Å²) in [5, 5.41) is 3.52. The van der Waals surface area contributed by atoms with Gasteiger partial charge in [0.05, 0.1) is 11.4 Å². The fourth-order valence-electron chi connectivity index (χ4n) is 5.19. The molecular weight excluding hydrogens is 434 g/mol. The molecule has 2 aromatic heterocycles. The molecule has 0 fully saturated rings. The van der Waals surface area contributed by atoms with E-state index in [4.69, 9.17) is 12.2 Å². The van der Waals surface area contributed by atoms with E-state index in [9.17, 15) is 0 Å². The second kappa shape index (κ2) is 8.62. The molecule has 3 nitrogen and oxygen atoms in total. The van der Waals surface area contributed by atoms with Crippen molar-refractivity contribution in [2.24, 2.45) is 0 Å². The first-order valence-electron chi connectivity index (χ1n) is 12.0. The van der Waals surface area contributed by atoms with Crippen LogP contribution in [-0.4, -0.2) is 14.0 Å². The summed E-state index contributed by atoms with van der Waals surface area (Å²) in [5.41, 5.74) is 11.0. The van der Waals surface area contributed by atoms with E-state index in [2.05, 4.69) is 94.1 Å². The number of hydrogen-bond donors (Lipinski definition) is 1. The van der Waals surface area contributed by atoms with Crippen molar-refractivity contribution in [3.05, 3.63) is 108 Å². The molecule has 168 valence electrons. The molecule has 1 aliphatic rings. The lowest BCUT2D eigenvalue weighted by Crippen LogP contribution is -2.14. The summed E-state index contributed by atoms with van der Waals surface area (Å²) in [6.45, 7) is 3.15. The molecule has 0 saturated heterocycles. The van der Waals surface area contributed by atoms with Gasteiger partial charge in [-0.2, -0.15) is 0 Å². The number of imidazole rings is 1. The number of hydrogen-bond acceptors (Lipinski definition) is 1. The van der Waals surface area contributed by atoms with E-state index in [1.807, 2.05) is 18.2 Å². The Hall–Kier alpha value is -3.63. The highest BCUT2D eigenvalue weighted by Crippen LogP contribution is 2.40. The zero-order valence-electron chi connectivity index (χ0n) is 19.3. The molecule has 0 spiro atoms. The van der Waals surface area contributed by atoms with Gasteiger partial charge in [0.2, 0.25) is 0 Å². The highest BCUT2D eigenvalue weighted by atomic mass is 32.1. The van der Waals surface area contributed by atoms with Gasteiger partial charge in [-0.1, -0.05) is 90.6 Å². The summed E-state index contributed by atoms with van der Waals surface area (Å²) in [4.78, 5) is 0.750. The van der Waals surface area contributed by atoms with Crippen LogP contribution in [-0.2, 0) is 13.0 Å². The predicted octanol–water partition coefficient (Wildman–Crippen LogP) is 7.51. The third-order valence-corrected chi connectivity index (χ3v) is 7.09. The fourth-order valence-corrected chi connectivity index (χ4v) is 5.51. The van der Waals surface area contributed by atoms with E-state index in [0.29, 0.717) is 0 Å². The maximum absolute atomic E-state index is 6.09. The first kappa shape index (κ1) is 20.9. The van der Waals surface area contributed by atoms with E-state index in [0.717, 1.165) is 29.3 Å². The number of anilines is 1. The molecule has 1 N–H and O–H groups in total. The van der Waals surface area contributed by atoms with Crippen LogP contribution in [0.5, 0.6) is 0 Å². The number of aromatic nitrogens is 2. The first-order chi connectivity index (χ1) is 16.7. The van der Waals surface area contributed by atoms with Gasteiger partial charge in [0.1, 0.15) is 10.6 Å². The van der Waals surface area contributed by atoms with Gasteiger partial charge in [0.25, 0.3) is 0 Å². The van der Waals surface area contributed by atoms with Crippen LogP contribution >= 0.6 is 12.2 Å². The molecule has 0 radical (unpaired) electrons. The lowest BCUT2D eigenvalue weighted by atomic mass is 9.97. The van der Waals surface area contributed by atoms with Gasteiger partial charge >= 0.3 is 0 Å². The molecule has 0 bridgehead atoms. The van der Waals surface area contributed by atoms with Crippen LogP contribution in [0.2, 0.25) is 0 Å². The Balaban J connectivity index is 1.62. The maximum atomic E-state index is 6.09. The molecule has 3 heterocycles. The van der Waals surface area contributed by atoms with Gasteiger partial charge < -0.3 is 9.88 Å². The van der Waals surface area contributed by atoms with E-state index >= 15 is 0 Å². The van der Waals surface area contributed by atoms with Crippen LogP contribution in [0.1, 0.15) is 29.7 Å². The number of thiocarbonyl (C=S) groups is 1. The first-order valence-corrected chi connectivity index (χ1v) is 12.4. The largest absolute Gasteiger partial charge is 0.345 e. The predicted molar refractivity (Wildman–Crippen MR) is 146 cm³/mol. The highest BCUT2D eigenvalue weighted by Gasteiger charge is 2.28. The molecule has 4 heteroatoms. The van der Waals surface area contributed by atoms with Crippen molar-refractivity contribution in [2.75, 3.05) is 5.32 Å².